The summed E-state index contributed by atoms with van der Waals surface area (Å²) in [6, 6.07) is 15.0. The van der Waals surface area contributed by atoms with Gasteiger partial charge in [-0.3, -0.25) is 0 Å². The monoisotopic (exact) mass is 248 g/mol. The van der Waals surface area contributed by atoms with Gasteiger partial charge in [-0.05, 0) is 0 Å². The number of hydrogen-bond donors (Lipinski definition) is 1. The van der Waals surface area contributed by atoms with Crippen molar-refractivity contribution in [2.45, 2.75) is 13.0 Å². The van der Waals surface area contributed by atoms with Gasteiger partial charge in [0.2, 0.25) is 0 Å². The first-order valence-electron chi connectivity index (χ1n) is 5.55. The first-order valence-corrected chi connectivity index (χ1v) is 5.55. The quantitative estimate of drug-likeness (QED) is 0.733. The minimum atomic E-state index is 0. The van der Waals surface area contributed by atoms with Gasteiger partial charge in [0.15, 0.2) is 18.4 Å². The van der Waals surface area contributed by atoms with E-state index in [2.05, 4.69) is 65.6 Å². The van der Waals surface area contributed by atoms with E-state index < -0.39 is 0 Å². The lowest BCUT2D eigenvalue weighted by Crippen LogP contribution is -3.00. The molecule has 2 rings (SSSR count). The molecule has 0 aliphatic rings. The number of nitrogens with one attached hydrogen (secondary N) is 1. The van der Waals surface area contributed by atoms with Crippen molar-refractivity contribution < 1.29 is 17.0 Å². The zero-order valence-corrected chi connectivity index (χ0v) is 10.9. The van der Waals surface area contributed by atoms with Gasteiger partial charge in [0.25, 0.3) is 0 Å². The zero-order valence-electron chi connectivity index (χ0n) is 10.1. The van der Waals surface area contributed by atoms with Gasteiger partial charge < -0.3 is 17.7 Å². The zero-order chi connectivity index (χ0) is 11.4. The molecule has 1 aromatic heterocycles. The Bertz CT molecular complexity index is 440. The van der Waals surface area contributed by atoms with Crippen LogP contribution in [-0.4, -0.2) is 7.05 Å². The fourth-order valence-corrected chi connectivity index (χ4v) is 1.77. The van der Waals surface area contributed by atoms with Crippen LogP contribution in [0.3, 0.4) is 0 Å². The number of pyridine rings is 1. The maximum absolute atomic E-state index is 3.12. The van der Waals surface area contributed by atoms with Gasteiger partial charge >= 0.3 is 0 Å². The number of nitrogens with zero attached hydrogens (tertiary/aromatic N) is 1. The van der Waals surface area contributed by atoms with Crippen LogP contribution in [0.4, 0.5) is 5.69 Å². The van der Waals surface area contributed by atoms with Crippen molar-refractivity contribution in [3.8, 4) is 0 Å². The molecular weight excluding hydrogens is 232 g/mol. The molecule has 0 aliphatic carbocycles. The molecule has 0 fully saturated rings. The van der Waals surface area contributed by atoms with Crippen molar-refractivity contribution in [3.05, 3.63) is 60.4 Å². The third-order valence-electron chi connectivity index (χ3n) is 2.87. The van der Waals surface area contributed by atoms with Gasteiger partial charge in [0.05, 0.1) is 0 Å². The van der Waals surface area contributed by atoms with Gasteiger partial charge in [-0.2, -0.15) is 4.57 Å². The molecule has 0 saturated heterocycles. The summed E-state index contributed by atoms with van der Waals surface area (Å²) in [5.41, 5.74) is 2.46. The molecule has 0 bridgehead atoms. The molecule has 2 aromatic rings. The molecule has 2 nitrogen and oxygen atoms in total. The SMILES string of the molecule is CNc1cc[n+](C(C)c2ccccc2)cc1.[Cl-]. The smallest absolute Gasteiger partial charge is 0.180 e. The highest BCUT2D eigenvalue weighted by Gasteiger charge is 2.13. The second-order valence-corrected chi connectivity index (χ2v) is 3.87. The Labute approximate surface area is 109 Å². The Hall–Kier alpha value is -1.54. The molecule has 0 saturated carbocycles. The Kier molecular flexibility index (Phi) is 4.98. The molecule has 17 heavy (non-hydrogen) atoms. The number of rotatable bonds is 3. The Morgan fingerprint density at radius 2 is 1.59 bits per heavy atom. The van der Waals surface area contributed by atoms with Gasteiger partial charge in [0, 0.05) is 37.4 Å². The molecule has 0 spiro atoms. The van der Waals surface area contributed by atoms with Crippen LogP contribution in [0.5, 0.6) is 0 Å². The highest BCUT2D eigenvalue weighted by atomic mass is 35.5. The van der Waals surface area contributed by atoms with Crippen LogP contribution in [0, 0.1) is 0 Å². The van der Waals surface area contributed by atoms with Gasteiger partial charge in [-0.1, -0.05) is 30.3 Å². The average molecular weight is 249 g/mol. The highest BCUT2D eigenvalue weighted by molar-refractivity contribution is 5.38. The van der Waals surface area contributed by atoms with E-state index in [1.165, 1.54) is 5.56 Å². The summed E-state index contributed by atoms with van der Waals surface area (Å²) in [5.74, 6) is 0. The number of hydrogen-bond acceptors (Lipinski definition) is 1. The van der Waals surface area contributed by atoms with Gasteiger partial charge in [0.1, 0.15) is 0 Å². The van der Waals surface area contributed by atoms with E-state index in [9.17, 15) is 0 Å². The molecule has 1 N–H and O–H groups in total. The van der Waals surface area contributed by atoms with Crippen LogP contribution >= 0.6 is 0 Å². The molecule has 90 valence electrons. The molecule has 1 aromatic carbocycles. The number of aromatic nitrogens is 1. The van der Waals surface area contributed by atoms with Crippen LogP contribution in [-0.2, 0) is 0 Å². The minimum Gasteiger partial charge on any atom is -1.00 e. The topological polar surface area (TPSA) is 15.9 Å². The van der Waals surface area contributed by atoms with Gasteiger partial charge in [-0.25, -0.2) is 0 Å². The first kappa shape index (κ1) is 13.5. The lowest BCUT2D eigenvalue weighted by molar-refractivity contribution is -0.710. The summed E-state index contributed by atoms with van der Waals surface area (Å²) < 4.78 is 2.20. The van der Waals surface area contributed by atoms with E-state index in [0.717, 1.165) is 5.69 Å². The lowest BCUT2D eigenvalue weighted by Gasteiger charge is -2.07. The summed E-state index contributed by atoms with van der Waals surface area (Å²) in [7, 11) is 1.93. The summed E-state index contributed by atoms with van der Waals surface area (Å²) >= 11 is 0. The van der Waals surface area contributed by atoms with Crippen LogP contribution in [0.1, 0.15) is 18.5 Å². The average Bonchev–Trinajstić information content (AvgIpc) is 2.39. The summed E-state index contributed by atoms with van der Waals surface area (Å²) in [4.78, 5) is 0. The first-order chi connectivity index (χ1) is 7.81. The predicted molar refractivity (Wildman–Crippen MR) is 66.4 cm³/mol. The fraction of sp³-hybridized carbons (Fsp3) is 0.214. The van der Waals surface area contributed by atoms with Crippen molar-refractivity contribution in [3.63, 3.8) is 0 Å². The van der Waals surface area contributed by atoms with Crippen molar-refractivity contribution in [2.24, 2.45) is 0 Å². The standard InChI is InChI=1S/C14H16N2.ClH/c1-12(13-6-4-3-5-7-13)16-10-8-14(15-2)9-11-16;/h3-12H,1-2H3;1H. The molecule has 1 heterocycles. The Morgan fingerprint density at radius 1 is 1.00 bits per heavy atom. The van der Waals surface area contributed by atoms with E-state index in [-0.39, 0.29) is 12.4 Å². The maximum Gasteiger partial charge on any atom is 0.180 e. The second-order valence-electron chi connectivity index (χ2n) is 3.87. The van der Waals surface area contributed by atoms with Gasteiger partial charge in [-0.15, -0.1) is 0 Å². The van der Waals surface area contributed by atoms with Crippen LogP contribution in [0.2, 0.25) is 0 Å². The van der Waals surface area contributed by atoms with Crippen molar-refractivity contribution in [1.82, 2.24) is 0 Å². The van der Waals surface area contributed by atoms with Crippen LogP contribution in [0.15, 0.2) is 54.9 Å². The molecule has 3 heteroatoms. The Balaban J connectivity index is 0.00000144. The third-order valence-corrected chi connectivity index (χ3v) is 2.87. The molecule has 1 unspecified atom stereocenters. The number of benzene rings is 1. The number of halogens is 1. The largest absolute Gasteiger partial charge is 1.00 e. The summed E-state index contributed by atoms with van der Waals surface area (Å²) in [6.07, 6.45) is 4.20. The lowest BCUT2D eigenvalue weighted by atomic mass is 10.1. The van der Waals surface area contributed by atoms with Crippen LogP contribution < -0.4 is 22.3 Å². The van der Waals surface area contributed by atoms with Crippen molar-refractivity contribution in [1.29, 1.82) is 0 Å². The van der Waals surface area contributed by atoms with E-state index in [4.69, 9.17) is 0 Å². The molecule has 0 radical (unpaired) electrons. The molecule has 1 atom stereocenters. The van der Waals surface area contributed by atoms with Crippen molar-refractivity contribution >= 4 is 5.69 Å². The van der Waals surface area contributed by atoms with E-state index in [1.54, 1.807) is 0 Å². The summed E-state index contributed by atoms with van der Waals surface area (Å²) in [6.45, 7) is 2.20. The predicted octanol–water partition coefficient (Wildman–Crippen LogP) is -0.371. The second kappa shape index (κ2) is 6.26. The Morgan fingerprint density at radius 3 is 2.12 bits per heavy atom. The maximum atomic E-state index is 3.12. The molecule has 0 aliphatic heterocycles. The number of anilines is 1. The van der Waals surface area contributed by atoms with Crippen molar-refractivity contribution in [2.75, 3.05) is 12.4 Å². The van der Waals surface area contributed by atoms with Crippen LogP contribution in [0.25, 0.3) is 0 Å². The normalized spacial score (nSPS) is 11.4. The van der Waals surface area contributed by atoms with E-state index in [1.807, 2.05) is 13.1 Å². The van der Waals surface area contributed by atoms with E-state index in [0.29, 0.717) is 6.04 Å². The highest BCUT2D eigenvalue weighted by Crippen LogP contribution is 2.11. The third kappa shape index (κ3) is 3.21. The summed E-state index contributed by atoms with van der Waals surface area (Å²) in [5, 5.41) is 3.12. The molecular formula is C14H17ClN2. The van der Waals surface area contributed by atoms with E-state index >= 15 is 0 Å². The fourth-order valence-electron chi connectivity index (χ4n) is 1.77. The minimum absolute atomic E-state index is 0. The molecule has 0 amide bonds.